The molecule has 6 heteroatoms. The summed E-state index contributed by atoms with van der Waals surface area (Å²) in [4.78, 5) is 4.73. The van der Waals surface area contributed by atoms with E-state index in [9.17, 15) is 0 Å². The minimum absolute atomic E-state index is 0. The van der Waals surface area contributed by atoms with E-state index in [1.807, 2.05) is 6.07 Å². The van der Waals surface area contributed by atoms with E-state index in [0.29, 0.717) is 19.8 Å². The van der Waals surface area contributed by atoms with Gasteiger partial charge in [-0.15, -0.1) is 24.0 Å². The number of ether oxygens (including phenoxy) is 2. The number of hydrogen-bond donors (Lipinski definition) is 2. The number of halogens is 1. The molecule has 1 aromatic carbocycles. The SMILES string of the molecule is CCCNC(=NCC(C)(C)c1ccc2c(c1)OCCO2)NCC.I. The van der Waals surface area contributed by atoms with Gasteiger partial charge in [0.2, 0.25) is 0 Å². The zero-order chi connectivity index (χ0) is 16.7. The average molecular weight is 447 g/mol. The Morgan fingerprint density at radius 2 is 1.83 bits per heavy atom. The Morgan fingerprint density at radius 1 is 1.12 bits per heavy atom. The third-order valence-electron chi connectivity index (χ3n) is 3.84. The Morgan fingerprint density at radius 3 is 2.50 bits per heavy atom. The van der Waals surface area contributed by atoms with Crippen molar-refractivity contribution in [3.63, 3.8) is 0 Å². The highest BCUT2D eigenvalue weighted by Crippen LogP contribution is 2.35. The molecule has 0 bridgehead atoms. The Bertz CT molecular complexity index is 547. The fourth-order valence-corrected chi connectivity index (χ4v) is 2.42. The van der Waals surface area contributed by atoms with Crippen molar-refractivity contribution in [1.82, 2.24) is 10.6 Å². The average Bonchev–Trinajstić information content (AvgIpc) is 2.57. The molecule has 136 valence electrons. The van der Waals surface area contributed by atoms with Crippen LogP contribution in [0.15, 0.2) is 23.2 Å². The molecule has 0 unspecified atom stereocenters. The quantitative estimate of drug-likeness (QED) is 0.399. The molecule has 0 radical (unpaired) electrons. The van der Waals surface area contributed by atoms with Gasteiger partial charge < -0.3 is 20.1 Å². The molecule has 2 N–H and O–H groups in total. The van der Waals surface area contributed by atoms with Crippen LogP contribution in [-0.2, 0) is 5.41 Å². The van der Waals surface area contributed by atoms with E-state index in [-0.39, 0.29) is 29.4 Å². The lowest BCUT2D eigenvalue weighted by Gasteiger charge is -2.26. The number of guanidine groups is 1. The van der Waals surface area contributed by atoms with E-state index < -0.39 is 0 Å². The highest BCUT2D eigenvalue weighted by atomic mass is 127. The van der Waals surface area contributed by atoms with Crippen LogP contribution in [-0.4, -0.2) is 38.8 Å². The Balaban J connectivity index is 0.00000288. The molecule has 0 saturated heterocycles. The van der Waals surface area contributed by atoms with Crippen LogP contribution in [0.4, 0.5) is 0 Å². The summed E-state index contributed by atoms with van der Waals surface area (Å²) in [6.07, 6.45) is 1.08. The molecule has 1 aliphatic rings. The van der Waals surface area contributed by atoms with Gasteiger partial charge in [-0.25, -0.2) is 0 Å². The van der Waals surface area contributed by atoms with Crippen LogP contribution in [0.5, 0.6) is 11.5 Å². The van der Waals surface area contributed by atoms with Crippen LogP contribution in [0.3, 0.4) is 0 Å². The normalized spacial score (nSPS) is 13.9. The van der Waals surface area contributed by atoms with Crippen molar-refractivity contribution in [3.8, 4) is 11.5 Å². The van der Waals surface area contributed by atoms with Gasteiger partial charge in [0, 0.05) is 18.5 Å². The topological polar surface area (TPSA) is 54.9 Å². The molecule has 1 aromatic rings. The van der Waals surface area contributed by atoms with E-state index in [4.69, 9.17) is 14.5 Å². The first kappa shape index (κ1) is 20.9. The number of hydrogen-bond acceptors (Lipinski definition) is 3. The molecule has 1 heterocycles. The monoisotopic (exact) mass is 447 g/mol. The van der Waals surface area contributed by atoms with Crippen LogP contribution >= 0.6 is 24.0 Å². The maximum Gasteiger partial charge on any atom is 0.191 e. The molecule has 24 heavy (non-hydrogen) atoms. The number of fused-ring (bicyclic) bond motifs is 1. The van der Waals surface area contributed by atoms with Gasteiger partial charge in [0.05, 0.1) is 6.54 Å². The number of benzene rings is 1. The minimum Gasteiger partial charge on any atom is -0.486 e. The molecule has 0 aromatic heterocycles. The standard InChI is InChI=1S/C18H29N3O2.HI/c1-5-9-20-17(19-6-2)21-13-18(3,4)14-7-8-15-16(12-14)23-11-10-22-15;/h7-8,12H,5-6,9-11,13H2,1-4H3,(H2,19,20,21);1H. The summed E-state index contributed by atoms with van der Waals surface area (Å²) in [5.74, 6) is 2.54. The lowest BCUT2D eigenvalue weighted by molar-refractivity contribution is 0.171. The number of aliphatic imine (C=N–C) groups is 1. The van der Waals surface area contributed by atoms with Crippen LogP contribution < -0.4 is 20.1 Å². The fraction of sp³-hybridized carbons (Fsp3) is 0.611. The van der Waals surface area contributed by atoms with Crippen molar-refractivity contribution in [1.29, 1.82) is 0 Å². The molecule has 0 saturated carbocycles. The first-order valence-corrected chi connectivity index (χ1v) is 8.49. The molecular formula is C18H30IN3O2. The lowest BCUT2D eigenvalue weighted by atomic mass is 9.84. The summed E-state index contributed by atoms with van der Waals surface area (Å²) in [6.45, 7) is 12.3. The summed E-state index contributed by atoms with van der Waals surface area (Å²) < 4.78 is 11.3. The third-order valence-corrected chi connectivity index (χ3v) is 3.84. The van der Waals surface area contributed by atoms with Crippen molar-refractivity contribution in [2.75, 3.05) is 32.8 Å². The summed E-state index contributed by atoms with van der Waals surface area (Å²) in [7, 11) is 0. The van der Waals surface area contributed by atoms with Crippen LogP contribution in [0.1, 0.15) is 39.7 Å². The Kier molecular flexibility index (Phi) is 8.66. The van der Waals surface area contributed by atoms with Gasteiger partial charge in [-0.05, 0) is 31.0 Å². The Labute approximate surface area is 162 Å². The van der Waals surface area contributed by atoms with Crippen molar-refractivity contribution < 1.29 is 9.47 Å². The number of rotatable bonds is 6. The molecule has 0 fully saturated rings. The molecule has 0 spiro atoms. The van der Waals surface area contributed by atoms with Gasteiger partial charge in [0.15, 0.2) is 17.5 Å². The third kappa shape index (κ3) is 5.72. The van der Waals surface area contributed by atoms with Gasteiger partial charge in [0.1, 0.15) is 13.2 Å². The van der Waals surface area contributed by atoms with Gasteiger partial charge >= 0.3 is 0 Å². The molecular weight excluding hydrogens is 417 g/mol. The van der Waals surface area contributed by atoms with E-state index in [1.165, 1.54) is 5.56 Å². The summed E-state index contributed by atoms with van der Waals surface area (Å²) in [6, 6.07) is 6.18. The second-order valence-corrected chi connectivity index (χ2v) is 6.36. The Hall–Kier alpha value is -1.18. The molecule has 5 nitrogen and oxygen atoms in total. The van der Waals surface area contributed by atoms with Crippen LogP contribution in [0.2, 0.25) is 0 Å². The highest BCUT2D eigenvalue weighted by molar-refractivity contribution is 14.0. The number of nitrogens with one attached hydrogen (secondary N) is 2. The zero-order valence-corrected chi connectivity index (χ0v) is 17.5. The molecule has 1 aliphatic heterocycles. The zero-order valence-electron chi connectivity index (χ0n) is 15.1. The molecule has 0 atom stereocenters. The second kappa shape index (κ2) is 9.96. The van der Waals surface area contributed by atoms with Crippen LogP contribution in [0, 0.1) is 0 Å². The largest absolute Gasteiger partial charge is 0.486 e. The first-order chi connectivity index (χ1) is 11.1. The minimum atomic E-state index is -0.0790. The van der Waals surface area contributed by atoms with E-state index in [0.717, 1.165) is 37.0 Å². The molecule has 0 amide bonds. The second-order valence-electron chi connectivity index (χ2n) is 6.36. The van der Waals surface area contributed by atoms with Crippen molar-refractivity contribution in [3.05, 3.63) is 23.8 Å². The van der Waals surface area contributed by atoms with Crippen molar-refractivity contribution >= 4 is 29.9 Å². The molecule has 2 rings (SSSR count). The highest BCUT2D eigenvalue weighted by Gasteiger charge is 2.23. The van der Waals surface area contributed by atoms with E-state index in [2.05, 4.69) is 50.5 Å². The van der Waals surface area contributed by atoms with Gasteiger partial charge in [-0.3, -0.25) is 4.99 Å². The fourth-order valence-electron chi connectivity index (χ4n) is 2.42. The summed E-state index contributed by atoms with van der Waals surface area (Å²) >= 11 is 0. The van der Waals surface area contributed by atoms with Gasteiger partial charge in [-0.2, -0.15) is 0 Å². The van der Waals surface area contributed by atoms with Crippen molar-refractivity contribution in [2.24, 2.45) is 4.99 Å². The first-order valence-electron chi connectivity index (χ1n) is 8.49. The molecule has 0 aliphatic carbocycles. The van der Waals surface area contributed by atoms with E-state index in [1.54, 1.807) is 0 Å². The van der Waals surface area contributed by atoms with Crippen molar-refractivity contribution in [2.45, 2.75) is 39.5 Å². The smallest absolute Gasteiger partial charge is 0.191 e. The van der Waals surface area contributed by atoms with Crippen LogP contribution in [0.25, 0.3) is 0 Å². The summed E-state index contributed by atoms with van der Waals surface area (Å²) in [5.41, 5.74) is 1.13. The van der Waals surface area contributed by atoms with Gasteiger partial charge in [0.25, 0.3) is 0 Å². The van der Waals surface area contributed by atoms with Gasteiger partial charge in [-0.1, -0.05) is 26.8 Å². The lowest BCUT2D eigenvalue weighted by Crippen LogP contribution is -2.38. The maximum absolute atomic E-state index is 5.69. The number of nitrogens with zero attached hydrogens (tertiary/aromatic N) is 1. The predicted molar refractivity (Wildman–Crippen MR) is 110 cm³/mol. The van der Waals surface area contributed by atoms with E-state index >= 15 is 0 Å². The predicted octanol–water partition coefficient (Wildman–Crippen LogP) is 3.32. The summed E-state index contributed by atoms with van der Waals surface area (Å²) in [5, 5.41) is 6.62. The maximum atomic E-state index is 5.69.